The summed E-state index contributed by atoms with van der Waals surface area (Å²) >= 11 is 5.76. The average molecular weight is 269 g/mol. The molecule has 3 N–H and O–H groups in total. The molecular formula is C12H13ClN2O3. The lowest BCUT2D eigenvalue weighted by Gasteiger charge is -2.08. The van der Waals surface area contributed by atoms with Crippen LogP contribution >= 0.6 is 11.6 Å². The van der Waals surface area contributed by atoms with Crippen molar-refractivity contribution in [2.75, 3.05) is 11.9 Å². The molecule has 5 nitrogen and oxygen atoms in total. The van der Waals surface area contributed by atoms with Crippen LogP contribution in [0.2, 0.25) is 5.02 Å². The van der Waals surface area contributed by atoms with Gasteiger partial charge in [0, 0.05) is 17.3 Å². The van der Waals surface area contributed by atoms with Gasteiger partial charge in [0.1, 0.15) is 0 Å². The number of carboxylic acids is 1. The number of rotatable bonds is 4. The smallest absolute Gasteiger partial charge is 0.335 e. The average Bonchev–Trinajstić information content (AvgIpc) is 2.25. The zero-order valence-corrected chi connectivity index (χ0v) is 10.5. The van der Waals surface area contributed by atoms with Crippen molar-refractivity contribution in [1.82, 2.24) is 5.32 Å². The fourth-order valence-electron chi connectivity index (χ4n) is 1.19. The van der Waals surface area contributed by atoms with Gasteiger partial charge in [-0.15, -0.1) is 0 Å². The van der Waals surface area contributed by atoms with Gasteiger partial charge in [0.05, 0.1) is 5.56 Å². The van der Waals surface area contributed by atoms with E-state index in [-0.39, 0.29) is 10.6 Å². The van der Waals surface area contributed by atoms with Crippen LogP contribution in [0.1, 0.15) is 17.3 Å². The minimum absolute atomic E-state index is 0.0118. The molecule has 6 heteroatoms. The van der Waals surface area contributed by atoms with E-state index in [9.17, 15) is 9.59 Å². The number of carbonyl (C=O) groups excluding carboxylic acids is 1. The summed E-state index contributed by atoms with van der Waals surface area (Å²) in [5.41, 5.74) is 1.14. The first-order valence-corrected chi connectivity index (χ1v) is 5.49. The van der Waals surface area contributed by atoms with E-state index in [1.807, 2.05) is 0 Å². The van der Waals surface area contributed by atoms with Crippen LogP contribution in [0.5, 0.6) is 0 Å². The van der Waals surface area contributed by atoms with E-state index in [2.05, 4.69) is 17.2 Å². The molecule has 0 fully saturated rings. The first-order chi connectivity index (χ1) is 8.38. The molecular weight excluding hydrogens is 256 g/mol. The third-order valence-electron chi connectivity index (χ3n) is 1.95. The van der Waals surface area contributed by atoms with Crippen molar-refractivity contribution in [1.29, 1.82) is 0 Å². The minimum atomic E-state index is -1.11. The van der Waals surface area contributed by atoms with Crippen molar-refractivity contribution in [3.05, 3.63) is 40.9 Å². The molecule has 2 amide bonds. The summed E-state index contributed by atoms with van der Waals surface area (Å²) in [4.78, 5) is 22.3. The van der Waals surface area contributed by atoms with Crippen molar-refractivity contribution < 1.29 is 14.7 Å². The predicted octanol–water partition coefficient (Wildman–Crippen LogP) is 2.74. The monoisotopic (exact) mass is 268 g/mol. The topological polar surface area (TPSA) is 78.4 Å². The number of hydrogen-bond acceptors (Lipinski definition) is 2. The second-order valence-corrected chi connectivity index (χ2v) is 4.23. The molecule has 0 bridgehead atoms. The van der Waals surface area contributed by atoms with Crippen molar-refractivity contribution in [3.63, 3.8) is 0 Å². The maximum Gasteiger partial charge on any atom is 0.335 e. The Morgan fingerprint density at radius 2 is 2.06 bits per heavy atom. The summed E-state index contributed by atoms with van der Waals surface area (Å²) in [7, 11) is 0. The fourth-order valence-corrected chi connectivity index (χ4v) is 1.43. The SMILES string of the molecule is C=C(C)CNC(=O)Nc1cc(Cl)cc(C(=O)O)c1. The highest BCUT2D eigenvalue weighted by molar-refractivity contribution is 6.31. The van der Waals surface area contributed by atoms with E-state index in [0.29, 0.717) is 12.2 Å². The van der Waals surface area contributed by atoms with Gasteiger partial charge in [-0.25, -0.2) is 9.59 Å². The second-order valence-electron chi connectivity index (χ2n) is 3.80. The summed E-state index contributed by atoms with van der Waals surface area (Å²) in [6.07, 6.45) is 0. The summed E-state index contributed by atoms with van der Waals surface area (Å²) in [6, 6.07) is 3.65. The molecule has 1 rings (SSSR count). The molecule has 1 aromatic carbocycles. The number of hydrogen-bond donors (Lipinski definition) is 3. The number of aromatic carboxylic acids is 1. The maximum atomic E-state index is 11.5. The molecule has 18 heavy (non-hydrogen) atoms. The molecule has 1 aromatic rings. The molecule has 0 heterocycles. The highest BCUT2D eigenvalue weighted by Gasteiger charge is 2.08. The molecule has 0 saturated carbocycles. The van der Waals surface area contributed by atoms with Gasteiger partial charge in [-0.2, -0.15) is 0 Å². The van der Waals surface area contributed by atoms with Crippen molar-refractivity contribution >= 4 is 29.3 Å². The van der Waals surface area contributed by atoms with Gasteiger partial charge >= 0.3 is 12.0 Å². The van der Waals surface area contributed by atoms with Crippen LogP contribution in [-0.2, 0) is 0 Å². The van der Waals surface area contributed by atoms with Crippen LogP contribution in [0.4, 0.5) is 10.5 Å². The third kappa shape index (κ3) is 4.47. The van der Waals surface area contributed by atoms with E-state index in [1.165, 1.54) is 18.2 Å². The first-order valence-electron chi connectivity index (χ1n) is 5.11. The Labute approximate surface area is 109 Å². The summed E-state index contributed by atoms with van der Waals surface area (Å²) < 4.78 is 0. The van der Waals surface area contributed by atoms with Crippen LogP contribution in [0, 0.1) is 0 Å². The maximum absolute atomic E-state index is 11.5. The predicted molar refractivity (Wildman–Crippen MR) is 70.2 cm³/mol. The van der Waals surface area contributed by atoms with Gasteiger partial charge in [-0.05, 0) is 25.1 Å². The number of benzene rings is 1. The molecule has 0 atom stereocenters. The lowest BCUT2D eigenvalue weighted by atomic mass is 10.2. The Morgan fingerprint density at radius 1 is 1.39 bits per heavy atom. The number of halogens is 1. The number of carbonyl (C=O) groups is 2. The first kappa shape index (κ1) is 14.1. The number of nitrogens with one attached hydrogen (secondary N) is 2. The fraction of sp³-hybridized carbons (Fsp3) is 0.167. The normalized spacial score (nSPS) is 9.67. The number of urea groups is 1. The standard InChI is InChI=1S/C12H13ClN2O3/c1-7(2)6-14-12(18)15-10-4-8(11(16)17)3-9(13)5-10/h3-5H,1,6H2,2H3,(H,16,17)(H2,14,15,18). The molecule has 0 aliphatic carbocycles. The Hall–Kier alpha value is -2.01. The van der Waals surface area contributed by atoms with Gasteiger partial charge in [-0.1, -0.05) is 23.8 Å². The Kier molecular flexibility index (Phi) is 4.74. The highest BCUT2D eigenvalue weighted by atomic mass is 35.5. The molecule has 0 aliphatic rings. The lowest BCUT2D eigenvalue weighted by molar-refractivity contribution is 0.0697. The van der Waals surface area contributed by atoms with Crippen molar-refractivity contribution in [3.8, 4) is 0 Å². The molecule has 0 unspecified atom stereocenters. The number of amides is 2. The van der Waals surface area contributed by atoms with Crippen LogP contribution in [0.3, 0.4) is 0 Å². The molecule has 96 valence electrons. The van der Waals surface area contributed by atoms with E-state index in [4.69, 9.17) is 16.7 Å². The lowest BCUT2D eigenvalue weighted by Crippen LogP contribution is -2.29. The zero-order chi connectivity index (χ0) is 13.7. The van der Waals surface area contributed by atoms with Crippen LogP contribution in [0.25, 0.3) is 0 Å². The minimum Gasteiger partial charge on any atom is -0.478 e. The van der Waals surface area contributed by atoms with Gasteiger partial charge in [-0.3, -0.25) is 0 Å². The summed E-state index contributed by atoms with van der Waals surface area (Å²) in [6.45, 7) is 5.77. The number of carboxylic acid groups (broad SMARTS) is 1. The molecule has 0 spiro atoms. The quantitative estimate of drug-likeness (QED) is 0.735. The van der Waals surface area contributed by atoms with E-state index in [1.54, 1.807) is 6.92 Å². The Balaban J connectivity index is 2.75. The van der Waals surface area contributed by atoms with Crippen molar-refractivity contribution in [2.24, 2.45) is 0 Å². The molecule has 0 saturated heterocycles. The molecule has 0 aromatic heterocycles. The van der Waals surface area contributed by atoms with E-state index >= 15 is 0 Å². The second kappa shape index (κ2) is 6.07. The summed E-state index contributed by atoms with van der Waals surface area (Å²) in [5, 5.41) is 14.1. The highest BCUT2D eigenvalue weighted by Crippen LogP contribution is 2.19. The summed E-state index contributed by atoms with van der Waals surface area (Å²) in [5.74, 6) is -1.11. The van der Waals surface area contributed by atoms with Crippen molar-refractivity contribution in [2.45, 2.75) is 6.92 Å². The van der Waals surface area contributed by atoms with Crippen LogP contribution < -0.4 is 10.6 Å². The van der Waals surface area contributed by atoms with Gasteiger partial charge in [0.2, 0.25) is 0 Å². The van der Waals surface area contributed by atoms with Crippen LogP contribution in [-0.4, -0.2) is 23.7 Å². The van der Waals surface area contributed by atoms with Crippen LogP contribution in [0.15, 0.2) is 30.4 Å². The number of anilines is 1. The third-order valence-corrected chi connectivity index (χ3v) is 2.17. The van der Waals surface area contributed by atoms with Gasteiger partial charge in [0.15, 0.2) is 0 Å². The molecule has 0 radical (unpaired) electrons. The largest absolute Gasteiger partial charge is 0.478 e. The van der Waals surface area contributed by atoms with Gasteiger partial charge in [0.25, 0.3) is 0 Å². The Bertz CT molecular complexity index is 500. The van der Waals surface area contributed by atoms with E-state index in [0.717, 1.165) is 5.57 Å². The molecule has 0 aliphatic heterocycles. The van der Waals surface area contributed by atoms with E-state index < -0.39 is 12.0 Å². The zero-order valence-electron chi connectivity index (χ0n) is 9.79. The Morgan fingerprint density at radius 3 is 2.61 bits per heavy atom. The van der Waals surface area contributed by atoms with Gasteiger partial charge < -0.3 is 15.7 Å².